The van der Waals surface area contributed by atoms with E-state index in [4.69, 9.17) is 43.8 Å². The summed E-state index contributed by atoms with van der Waals surface area (Å²) in [6.45, 7) is 0. The molecule has 0 saturated heterocycles. The molecule has 5 heterocycles. The highest BCUT2D eigenvalue weighted by Crippen LogP contribution is 2.66. The Labute approximate surface area is 696 Å². The van der Waals surface area contributed by atoms with Crippen molar-refractivity contribution in [3.05, 3.63) is 445 Å². The quantitative estimate of drug-likeness (QED) is 0.124. The molecule has 4 aliphatic rings. The third-order valence-corrected chi connectivity index (χ3v) is 25.4. The fourth-order valence-corrected chi connectivity index (χ4v) is 20.0. The Bertz CT molecular complexity index is 7850. The molecule has 2 aliphatic carbocycles. The zero-order chi connectivity index (χ0) is 79.4. The molecule has 3 aromatic heterocycles. The summed E-state index contributed by atoms with van der Waals surface area (Å²) in [5, 5.41) is 6.78. The molecule has 21 aromatic rings. The van der Waals surface area contributed by atoms with E-state index in [2.05, 4.69) is 346 Å². The molecule has 121 heavy (non-hydrogen) atoms. The Morgan fingerprint density at radius 3 is 1.10 bits per heavy atom. The summed E-state index contributed by atoms with van der Waals surface area (Å²) in [5.74, 6) is 6.77. The van der Waals surface area contributed by atoms with Crippen molar-refractivity contribution < 1.29 is 13.9 Å². The highest BCUT2D eigenvalue weighted by Gasteiger charge is 2.54. The third kappa shape index (κ3) is 10.3. The van der Waals surface area contributed by atoms with Gasteiger partial charge in [0.05, 0.1) is 10.8 Å². The van der Waals surface area contributed by atoms with Gasteiger partial charge in [-0.05, 0) is 130 Å². The maximum Gasteiger partial charge on any atom is 0.164 e. The number of para-hydroxylation sites is 5. The highest BCUT2D eigenvalue weighted by atomic mass is 16.5. The Morgan fingerprint density at radius 2 is 0.554 bits per heavy atom. The first-order valence-electron chi connectivity index (χ1n) is 41.0. The molecule has 2 spiro atoms. The Morgan fingerprint density at radius 1 is 0.190 bits per heavy atom. The summed E-state index contributed by atoms with van der Waals surface area (Å²) in [4.78, 5) is 31.3. The molecule has 0 amide bonds. The van der Waals surface area contributed by atoms with E-state index in [0.717, 1.165) is 162 Å². The second-order valence-corrected chi connectivity index (χ2v) is 31.7. The minimum Gasteiger partial charge on any atom is -0.456 e. The number of furan rings is 1. The number of benzene rings is 18. The number of nitrogens with zero attached hydrogens (tertiary/aromatic N) is 6. The molecule has 0 radical (unpaired) electrons. The van der Waals surface area contributed by atoms with Gasteiger partial charge in [-0.25, -0.2) is 29.9 Å². The molecule has 2 aliphatic heterocycles. The minimum absolute atomic E-state index is 0.553. The SMILES string of the molecule is c1ccc(-c2nc(-c3ccc(-c4cccc5c4Oc4ccccc4C54c5ccccc5-c5ccccc54)cc3)nc(-c3ccc(-c4cc(-c5cccc6c5-c5ccccc5C65c6ccccc6Oc6c(-c7ccc(-c8nc(-c9ccccc9)nc(-c9ccc%10c(ccc%11ccccc%11%10)c9)n8)cc7)cccc65)cc5c4oc4ccccc45)cc3)n2)cc1. The monoisotopic (exact) mass is 1540 g/mol. The molecule has 25 rings (SSSR count). The van der Waals surface area contributed by atoms with Crippen LogP contribution in [0.2, 0.25) is 0 Å². The van der Waals surface area contributed by atoms with E-state index in [9.17, 15) is 0 Å². The number of rotatable bonds is 10. The zero-order valence-electron chi connectivity index (χ0n) is 65.0. The van der Waals surface area contributed by atoms with E-state index in [1.54, 1.807) is 0 Å². The van der Waals surface area contributed by atoms with Crippen LogP contribution in [-0.2, 0) is 10.8 Å². The molecular weight excluding hydrogens is 1480 g/mol. The molecule has 9 heteroatoms. The van der Waals surface area contributed by atoms with Crippen LogP contribution in [0.5, 0.6) is 23.0 Å². The normalized spacial score (nSPS) is 14.0. The minimum atomic E-state index is -0.788. The number of hydrogen-bond acceptors (Lipinski definition) is 9. The Hall–Kier alpha value is -16.1. The van der Waals surface area contributed by atoms with E-state index in [0.29, 0.717) is 34.9 Å². The maximum atomic E-state index is 7.33. The van der Waals surface area contributed by atoms with Crippen LogP contribution in [0.1, 0.15) is 44.5 Å². The van der Waals surface area contributed by atoms with E-state index in [-0.39, 0.29) is 0 Å². The summed E-state index contributed by atoms with van der Waals surface area (Å²) in [7, 11) is 0. The first kappa shape index (κ1) is 68.2. The summed E-state index contributed by atoms with van der Waals surface area (Å²) in [5.41, 5.74) is 27.7. The van der Waals surface area contributed by atoms with Gasteiger partial charge in [0.2, 0.25) is 0 Å². The van der Waals surface area contributed by atoms with E-state index >= 15 is 0 Å². The lowest BCUT2D eigenvalue weighted by Crippen LogP contribution is -2.32. The second-order valence-electron chi connectivity index (χ2n) is 31.7. The largest absolute Gasteiger partial charge is 0.456 e. The zero-order valence-corrected chi connectivity index (χ0v) is 65.0. The van der Waals surface area contributed by atoms with Crippen molar-refractivity contribution in [2.24, 2.45) is 0 Å². The van der Waals surface area contributed by atoms with Crippen LogP contribution >= 0.6 is 0 Å². The Kier molecular flexibility index (Phi) is 15.1. The molecule has 18 aromatic carbocycles. The number of ether oxygens (including phenoxy) is 2. The van der Waals surface area contributed by atoms with Crippen LogP contribution < -0.4 is 9.47 Å². The van der Waals surface area contributed by atoms with Gasteiger partial charge in [-0.15, -0.1) is 0 Å². The molecule has 0 saturated carbocycles. The van der Waals surface area contributed by atoms with Crippen molar-refractivity contribution in [3.8, 4) is 158 Å². The van der Waals surface area contributed by atoms with Crippen LogP contribution in [0.15, 0.2) is 405 Å². The molecule has 0 bridgehead atoms. The molecule has 0 fully saturated rings. The predicted molar refractivity (Wildman–Crippen MR) is 485 cm³/mol. The van der Waals surface area contributed by atoms with Gasteiger partial charge in [0, 0.05) is 83.1 Å². The molecule has 0 N–H and O–H groups in total. The summed E-state index contributed by atoms with van der Waals surface area (Å²) in [6, 6.07) is 142. The first-order chi connectivity index (χ1) is 59.9. The standard InChI is InChI=1S/C112H66N6O3/c1-3-25-71(26-4-1)105-113-107(73-55-48-68(49-56-73)82-35-22-43-96-103(82)120-99-46-19-16-40-93(99)111(96)90-37-13-9-30-84(90)85-31-10-14-38-91(85)111)116-108(114-105)75-59-52-70(53-60-75)88-65-78(66-89-86-32-12-18-45-98(86)119-102(88)89)81-34-21-42-95-101(81)87-33-11-15-39-92(87)112(95)94-41-17-20-47-100(94)121-104-83(36-23-44-97(104)112)69-50-57-74(58-51-69)109-115-106(72-27-5-2-6-28-72)117-110(118-109)77-62-63-80-76(64-77)61-54-67-24-7-8-29-79(67)80/h1-66H. The van der Waals surface area contributed by atoms with Crippen LogP contribution in [0.25, 0.3) is 179 Å². The van der Waals surface area contributed by atoms with E-state index < -0.39 is 10.8 Å². The molecular formula is C112H66N6O3. The van der Waals surface area contributed by atoms with Gasteiger partial charge in [-0.2, -0.15) is 0 Å². The van der Waals surface area contributed by atoms with Crippen molar-refractivity contribution in [1.82, 2.24) is 29.9 Å². The second kappa shape index (κ2) is 26.7. The molecule has 562 valence electrons. The van der Waals surface area contributed by atoms with Crippen molar-refractivity contribution in [2.45, 2.75) is 10.8 Å². The lowest BCUT2D eigenvalue weighted by molar-refractivity contribution is 0.438. The average Bonchev–Trinajstić information content (AvgIpc) is 1.54. The van der Waals surface area contributed by atoms with Gasteiger partial charge in [0.25, 0.3) is 0 Å². The number of aromatic nitrogens is 6. The van der Waals surface area contributed by atoms with Gasteiger partial charge in [-0.1, -0.05) is 364 Å². The highest BCUT2D eigenvalue weighted by molar-refractivity contribution is 6.13. The fourth-order valence-electron chi connectivity index (χ4n) is 20.0. The molecule has 1 unspecified atom stereocenters. The maximum absolute atomic E-state index is 7.33. The third-order valence-electron chi connectivity index (χ3n) is 25.4. The van der Waals surface area contributed by atoms with Gasteiger partial charge < -0.3 is 13.9 Å². The van der Waals surface area contributed by atoms with Gasteiger partial charge >= 0.3 is 0 Å². The van der Waals surface area contributed by atoms with Crippen LogP contribution in [-0.4, -0.2) is 29.9 Å². The van der Waals surface area contributed by atoms with Crippen molar-refractivity contribution in [1.29, 1.82) is 0 Å². The summed E-state index contributed by atoms with van der Waals surface area (Å²) >= 11 is 0. The van der Waals surface area contributed by atoms with Crippen molar-refractivity contribution >= 4 is 43.5 Å². The van der Waals surface area contributed by atoms with Gasteiger partial charge in [0.1, 0.15) is 34.2 Å². The smallest absolute Gasteiger partial charge is 0.164 e. The first-order valence-corrected chi connectivity index (χ1v) is 41.0. The molecule has 1 atom stereocenters. The Balaban J connectivity index is 0.578. The average molecular weight is 1540 g/mol. The summed E-state index contributed by atoms with van der Waals surface area (Å²) < 4.78 is 21.4. The number of fused-ring (bicyclic) bond motifs is 24. The van der Waals surface area contributed by atoms with Crippen molar-refractivity contribution in [3.63, 3.8) is 0 Å². The van der Waals surface area contributed by atoms with Gasteiger partial charge in [0.15, 0.2) is 34.9 Å². The summed E-state index contributed by atoms with van der Waals surface area (Å²) in [6.07, 6.45) is 0. The van der Waals surface area contributed by atoms with Gasteiger partial charge in [-0.3, -0.25) is 0 Å². The van der Waals surface area contributed by atoms with Crippen LogP contribution in [0.4, 0.5) is 0 Å². The lowest BCUT2D eigenvalue weighted by Gasteiger charge is -2.40. The van der Waals surface area contributed by atoms with Crippen molar-refractivity contribution in [2.75, 3.05) is 0 Å². The van der Waals surface area contributed by atoms with E-state index in [1.807, 2.05) is 54.6 Å². The predicted octanol–water partition coefficient (Wildman–Crippen LogP) is 27.9. The van der Waals surface area contributed by atoms with E-state index in [1.165, 1.54) is 49.5 Å². The number of hydrogen-bond donors (Lipinski definition) is 0. The lowest BCUT2D eigenvalue weighted by atomic mass is 9.65. The van der Waals surface area contributed by atoms with Crippen LogP contribution in [0.3, 0.4) is 0 Å². The fraction of sp³-hybridized carbons (Fsp3) is 0.0179. The topological polar surface area (TPSA) is 109 Å². The van der Waals surface area contributed by atoms with Crippen LogP contribution in [0, 0.1) is 0 Å². The molecule has 9 nitrogen and oxygen atoms in total.